The molecule has 1 amide bonds. The molecule has 1 aromatic heterocycles. The van der Waals surface area contributed by atoms with Gasteiger partial charge in [0.1, 0.15) is 17.6 Å². The lowest BCUT2D eigenvalue weighted by Gasteiger charge is -2.27. The van der Waals surface area contributed by atoms with Crippen molar-refractivity contribution in [1.82, 2.24) is 25.5 Å². The minimum absolute atomic E-state index is 0.0143. The Morgan fingerprint density at radius 2 is 2.30 bits per heavy atom. The predicted molar refractivity (Wildman–Crippen MR) is 81.6 cm³/mol. The Morgan fingerprint density at radius 1 is 1.52 bits per heavy atom. The van der Waals surface area contributed by atoms with Crippen LogP contribution in [0.2, 0.25) is 0 Å². The molecule has 0 aliphatic carbocycles. The Labute approximate surface area is 134 Å². The van der Waals surface area contributed by atoms with E-state index in [-0.39, 0.29) is 18.4 Å². The third-order valence-corrected chi connectivity index (χ3v) is 3.59. The van der Waals surface area contributed by atoms with Gasteiger partial charge in [-0.25, -0.2) is 4.68 Å². The van der Waals surface area contributed by atoms with Crippen molar-refractivity contribution in [3.8, 4) is 17.5 Å². The van der Waals surface area contributed by atoms with Crippen LogP contribution in [0.5, 0.6) is 5.75 Å². The molecule has 0 spiro atoms. The van der Waals surface area contributed by atoms with Crippen molar-refractivity contribution in [3.63, 3.8) is 0 Å². The van der Waals surface area contributed by atoms with Crippen molar-refractivity contribution in [3.05, 3.63) is 30.6 Å². The average molecular weight is 314 g/mol. The maximum Gasteiger partial charge on any atom is 0.259 e. The van der Waals surface area contributed by atoms with Gasteiger partial charge >= 0.3 is 0 Å². The molecule has 0 bridgehead atoms. The van der Waals surface area contributed by atoms with Crippen molar-refractivity contribution in [1.29, 1.82) is 5.26 Å². The molecular weight excluding hydrogens is 296 g/mol. The van der Waals surface area contributed by atoms with Gasteiger partial charge in [-0.15, -0.1) is 5.10 Å². The van der Waals surface area contributed by atoms with E-state index in [0.29, 0.717) is 5.75 Å². The third-order valence-electron chi connectivity index (χ3n) is 3.59. The molecule has 1 N–H and O–H groups in total. The summed E-state index contributed by atoms with van der Waals surface area (Å²) in [4.78, 5) is 12.0. The van der Waals surface area contributed by atoms with Crippen molar-refractivity contribution in [2.24, 2.45) is 5.92 Å². The van der Waals surface area contributed by atoms with Crippen LogP contribution in [0.4, 0.5) is 0 Å². The number of nitrogens with zero attached hydrogens (tertiary/aromatic N) is 5. The van der Waals surface area contributed by atoms with Crippen molar-refractivity contribution in [2.75, 3.05) is 6.61 Å². The second-order valence-corrected chi connectivity index (χ2v) is 5.56. The van der Waals surface area contributed by atoms with Crippen molar-refractivity contribution in [2.45, 2.75) is 26.3 Å². The number of carbonyl (C=O) groups is 1. The van der Waals surface area contributed by atoms with Crippen LogP contribution in [0.25, 0.3) is 5.69 Å². The first-order valence-electron chi connectivity index (χ1n) is 7.13. The number of tetrazole rings is 1. The van der Waals surface area contributed by atoms with Crippen LogP contribution in [0.1, 0.15) is 20.8 Å². The van der Waals surface area contributed by atoms with E-state index in [0.717, 1.165) is 5.69 Å². The number of hydrogen-bond acceptors (Lipinski definition) is 6. The summed E-state index contributed by atoms with van der Waals surface area (Å²) in [5.74, 6) is 0.145. The van der Waals surface area contributed by atoms with Crippen LogP contribution in [0, 0.1) is 17.2 Å². The number of carbonyl (C=O) groups excluding carboxylic acids is 1. The molecule has 8 heteroatoms. The Kier molecular flexibility index (Phi) is 4.91. The quantitative estimate of drug-likeness (QED) is 0.855. The molecule has 0 aliphatic heterocycles. The van der Waals surface area contributed by atoms with Gasteiger partial charge in [-0.1, -0.05) is 19.9 Å². The normalized spacial score (nSPS) is 13.2. The molecule has 0 radical (unpaired) electrons. The first-order valence-corrected chi connectivity index (χ1v) is 7.13. The van der Waals surface area contributed by atoms with Gasteiger partial charge in [-0.2, -0.15) is 5.26 Å². The largest absolute Gasteiger partial charge is 0.484 e. The minimum atomic E-state index is -0.922. The van der Waals surface area contributed by atoms with Gasteiger partial charge in [0.15, 0.2) is 6.61 Å². The van der Waals surface area contributed by atoms with E-state index in [1.165, 1.54) is 11.0 Å². The smallest absolute Gasteiger partial charge is 0.259 e. The van der Waals surface area contributed by atoms with Crippen molar-refractivity contribution < 1.29 is 9.53 Å². The van der Waals surface area contributed by atoms with E-state index in [1.54, 1.807) is 25.1 Å². The monoisotopic (exact) mass is 314 g/mol. The van der Waals surface area contributed by atoms with Crippen LogP contribution in [0.3, 0.4) is 0 Å². The van der Waals surface area contributed by atoms with Gasteiger partial charge < -0.3 is 10.1 Å². The topological polar surface area (TPSA) is 106 Å². The molecule has 2 aromatic rings. The molecule has 0 unspecified atom stereocenters. The van der Waals surface area contributed by atoms with Gasteiger partial charge in [0.2, 0.25) is 0 Å². The second-order valence-electron chi connectivity index (χ2n) is 5.56. The lowest BCUT2D eigenvalue weighted by molar-refractivity contribution is -0.124. The molecule has 0 saturated heterocycles. The van der Waals surface area contributed by atoms with E-state index < -0.39 is 5.54 Å². The number of nitriles is 1. The summed E-state index contributed by atoms with van der Waals surface area (Å²) in [6, 6.07) is 9.16. The number of rotatable bonds is 6. The highest BCUT2D eigenvalue weighted by atomic mass is 16.5. The molecular formula is C15H18N6O2. The van der Waals surface area contributed by atoms with Gasteiger partial charge in [0.25, 0.3) is 5.91 Å². The fourth-order valence-corrected chi connectivity index (χ4v) is 1.77. The number of nitrogens with one attached hydrogen (secondary N) is 1. The summed E-state index contributed by atoms with van der Waals surface area (Å²) >= 11 is 0. The van der Waals surface area contributed by atoms with Gasteiger partial charge in [0, 0.05) is 6.07 Å². The molecule has 0 fully saturated rings. The van der Waals surface area contributed by atoms with Crippen molar-refractivity contribution >= 4 is 5.91 Å². The van der Waals surface area contributed by atoms with E-state index in [4.69, 9.17) is 4.74 Å². The highest BCUT2D eigenvalue weighted by Crippen LogP contribution is 2.17. The highest BCUT2D eigenvalue weighted by Gasteiger charge is 2.29. The fourth-order valence-electron chi connectivity index (χ4n) is 1.77. The van der Waals surface area contributed by atoms with Gasteiger partial charge in [-0.05, 0) is 35.4 Å². The van der Waals surface area contributed by atoms with Crippen LogP contribution < -0.4 is 10.1 Å². The van der Waals surface area contributed by atoms with Gasteiger partial charge in [-0.3, -0.25) is 4.79 Å². The summed E-state index contributed by atoms with van der Waals surface area (Å²) in [5.41, 5.74) is -0.203. The number of benzene rings is 1. The summed E-state index contributed by atoms with van der Waals surface area (Å²) in [6.07, 6.45) is 1.47. The summed E-state index contributed by atoms with van der Waals surface area (Å²) < 4.78 is 6.96. The number of hydrogen-bond donors (Lipinski definition) is 1. The zero-order chi connectivity index (χ0) is 16.9. The minimum Gasteiger partial charge on any atom is -0.484 e. The second kappa shape index (κ2) is 6.87. The molecule has 2 rings (SSSR count). The molecule has 1 heterocycles. The van der Waals surface area contributed by atoms with E-state index >= 15 is 0 Å². The molecule has 8 nitrogen and oxygen atoms in total. The number of aromatic nitrogens is 4. The van der Waals surface area contributed by atoms with Gasteiger partial charge in [0.05, 0.1) is 11.8 Å². The predicted octanol–water partition coefficient (Wildman–Crippen LogP) is 1.10. The van der Waals surface area contributed by atoms with Crippen LogP contribution in [-0.4, -0.2) is 38.3 Å². The van der Waals surface area contributed by atoms with E-state index in [2.05, 4.69) is 26.9 Å². The summed E-state index contributed by atoms with van der Waals surface area (Å²) in [6.45, 7) is 5.26. The molecule has 1 atom stereocenters. The van der Waals surface area contributed by atoms with Crippen LogP contribution in [0.15, 0.2) is 30.6 Å². The lowest BCUT2D eigenvalue weighted by Crippen LogP contribution is -2.50. The molecule has 23 heavy (non-hydrogen) atoms. The fraction of sp³-hybridized carbons (Fsp3) is 0.400. The summed E-state index contributed by atoms with van der Waals surface area (Å²) in [5, 5.41) is 22.8. The highest BCUT2D eigenvalue weighted by molar-refractivity contribution is 5.78. The Hall–Kier alpha value is -2.95. The summed E-state index contributed by atoms with van der Waals surface area (Å²) in [7, 11) is 0. The zero-order valence-corrected chi connectivity index (χ0v) is 13.2. The molecule has 120 valence electrons. The van der Waals surface area contributed by atoms with E-state index in [1.807, 2.05) is 19.9 Å². The molecule has 0 aliphatic rings. The number of ether oxygens (including phenoxy) is 1. The molecule has 0 saturated carbocycles. The first-order chi connectivity index (χ1) is 10.9. The number of amides is 1. The maximum atomic E-state index is 12.0. The molecule has 1 aromatic carbocycles. The Bertz CT molecular complexity index is 707. The Morgan fingerprint density at radius 3 is 2.91 bits per heavy atom. The standard InChI is InChI=1S/C15H18N6O2/c1-11(2)15(3,9-16)18-14(22)8-23-13-6-4-5-12(7-13)21-10-17-19-20-21/h4-7,10-11H,8H2,1-3H3,(H,18,22)/t15-/m0/s1. The average Bonchev–Trinajstić information content (AvgIpc) is 3.07. The van der Waals surface area contributed by atoms with Crippen LogP contribution in [-0.2, 0) is 4.79 Å². The SMILES string of the molecule is CC(C)[C@](C)(C#N)NC(=O)COc1cccc(-n2cnnn2)c1. The maximum absolute atomic E-state index is 12.0. The van der Waals surface area contributed by atoms with E-state index in [9.17, 15) is 10.1 Å². The lowest BCUT2D eigenvalue weighted by atomic mass is 9.90. The zero-order valence-electron chi connectivity index (χ0n) is 13.2. The Balaban J connectivity index is 1.98. The third kappa shape index (κ3) is 4.03. The van der Waals surface area contributed by atoms with Crippen LogP contribution >= 0.6 is 0 Å². The first kappa shape index (κ1) is 16.4.